The zero-order valence-corrected chi connectivity index (χ0v) is 17.3. The Kier molecular flexibility index (Phi) is 4.98. The maximum atomic E-state index is 12.8. The van der Waals surface area contributed by atoms with Crippen molar-refractivity contribution in [3.8, 4) is 0 Å². The lowest BCUT2D eigenvalue weighted by atomic mass is 9.89. The van der Waals surface area contributed by atoms with Crippen molar-refractivity contribution >= 4 is 33.3 Å². The number of fused-ring (bicyclic) bond motifs is 3. The van der Waals surface area contributed by atoms with Crippen LogP contribution in [0.3, 0.4) is 0 Å². The molecule has 1 aliphatic carbocycles. The van der Waals surface area contributed by atoms with Gasteiger partial charge in [0.05, 0.1) is 10.6 Å². The summed E-state index contributed by atoms with van der Waals surface area (Å²) in [6, 6.07) is 0. The van der Waals surface area contributed by atoms with E-state index in [9.17, 15) is 9.59 Å². The Labute approximate surface area is 164 Å². The molecule has 144 valence electrons. The third-order valence-corrected chi connectivity index (χ3v) is 7.27. The Hall–Kier alpha value is -1.87. The van der Waals surface area contributed by atoms with Crippen LogP contribution in [-0.2, 0) is 19.4 Å². The zero-order valence-electron chi connectivity index (χ0n) is 15.7. The van der Waals surface area contributed by atoms with E-state index in [0.717, 1.165) is 35.9 Å². The number of aryl methyl sites for hydroxylation is 1. The minimum absolute atomic E-state index is 0.0533. The first-order valence-corrected chi connectivity index (χ1v) is 11.0. The molecule has 3 aromatic heterocycles. The van der Waals surface area contributed by atoms with Crippen LogP contribution in [0.2, 0.25) is 0 Å². The van der Waals surface area contributed by atoms with Gasteiger partial charge in [-0.05, 0) is 44.1 Å². The maximum absolute atomic E-state index is 12.8. The van der Waals surface area contributed by atoms with E-state index in [1.807, 2.05) is 13.8 Å². The highest BCUT2D eigenvalue weighted by Crippen LogP contribution is 2.37. The molecular formula is C18H23N5O2S2. The van der Waals surface area contributed by atoms with Crippen molar-refractivity contribution in [2.75, 3.05) is 0 Å². The van der Waals surface area contributed by atoms with Crippen molar-refractivity contribution in [3.63, 3.8) is 0 Å². The van der Waals surface area contributed by atoms with Gasteiger partial charge < -0.3 is 4.98 Å². The highest BCUT2D eigenvalue weighted by Gasteiger charge is 2.24. The maximum Gasteiger partial charge on any atom is 0.343 e. The van der Waals surface area contributed by atoms with Crippen LogP contribution in [-0.4, -0.2) is 24.7 Å². The summed E-state index contributed by atoms with van der Waals surface area (Å²) in [6.45, 7) is 6.86. The molecule has 3 heterocycles. The van der Waals surface area contributed by atoms with Gasteiger partial charge in [0.25, 0.3) is 5.56 Å². The molecule has 0 bridgehead atoms. The van der Waals surface area contributed by atoms with E-state index in [1.165, 1.54) is 22.2 Å². The topological polar surface area (TPSA) is 96.4 Å². The van der Waals surface area contributed by atoms with Gasteiger partial charge in [0, 0.05) is 11.4 Å². The molecule has 0 unspecified atom stereocenters. The van der Waals surface area contributed by atoms with Gasteiger partial charge in [0.1, 0.15) is 10.7 Å². The lowest BCUT2D eigenvalue weighted by Crippen LogP contribution is -2.18. The fraction of sp³-hybridized carbons (Fsp3) is 0.556. The molecule has 27 heavy (non-hydrogen) atoms. The number of thiophene rings is 1. The van der Waals surface area contributed by atoms with Crippen molar-refractivity contribution < 1.29 is 0 Å². The fourth-order valence-corrected chi connectivity index (χ4v) is 5.92. The molecule has 4 rings (SSSR count). The lowest BCUT2D eigenvalue weighted by molar-refractivity contribution is 0.509. The van der Waals surface area contributed by atoms with Gasteiger partial charge in [-0.25, -0.2) is 14.9 Å². The molecule has 0 amide bonds. The number of hydrogen-bond donors (Lipinski definition) is 2. The van der Waals surface area contributed by atoms with Crippen molar-refractivity contribution in [2.45, 2.75) is 63.4 Å². The van der Waals surface area contributed by atoms with Crippen molar-refractivity contribution in [1.29, 1.82) is 0 Å². The normalized spacial score (nSPS) is 18.0. The molecule has 0 radical (unpaired) electrons. The Morgan fingerprint density at radius 3 is 3.00 bits per heavy atom. The first kappa shape index (κ1) is 18.5. The SMILES string of the molecule is CCCn1c(S[C@@H](C)c2nc3sc4c(c3c(=O)[nH]2)CC[C@@H](C)C4)n[nH]c1=O. The molecule has 3 aromatic rings. The van der Waals surface area contributed by atoms with E-state index in [0.29, 0.717) is 23.4 Å². The van der Waals surface area contributed by atoms with Gasteiger partial charge in [-0.1, -0.05) is 25.6 Å². The van der Waals surface area contributed by atoms with Crippen LogP contribution in [0.5, 0.6) is 0 Å². The number of H-pyrrole nitrogens is 2. The van der Waals surface area contributed by atoms with Crippen molar-refractivity contribution in [3.05, 3.63) is 37.1 Å². The second-order valence-corrected chi connectivity index (χ2v) is 9.60. The van der Waals surface area contributed by atoms with Gasteiger partial charge in [0.2, 0.25) is 0 Å². The minimum atomic E-state index is -0.205. The van der Waals surface area contributed by atoms with Crippen LogP contribution in [0.1, 0.15) is 55.1 Å². The summed E-state index contributed by atoms with van der Waals surface area (Å²) in [6.07, 6.45) is 3.97. The molecule has 0 saturated heterocycles. The van der Waals surface area contributed by atoms with Crippen LogP contribution in [0.15, 0.2) is 14.7 Å². The summed E-state index contributed by atoms with van der Waals surface area (Å²) >= 11 is 3.08. The summed E-state index contributed by atoms with van der Waals surface area (Å²) in [7, 11) is 0. The standard InChI is InChI=1S/C18H23N5O2S2/c1-4-7-23-17(25)21-22-18(23)26-10(3)14-19-15(24)13-11-6-5-9(2)8-12(11)27-16(13)20-14/h9-10H,4-8H2,1-3H3,(H,21,25)(H,19,20,24)/t9-,10+/m1/s1. The summed E-state index contributed by atoms with van der Waals surface area (Å²) < 4.78 is 1.63. The predicted octanol–water partition coefficient (Wildman–Crippen LogP) is 3.26. The number of thioether (sulfide) groups is 1. The molecule has 1 aliphatic rings. The molecule has 7 nitrogen and oxygen atoms in total. The lowest BCUT2D eigenvalue weighted by Gasteiger charge is -2.17. The molecular weight excluding hydrogens is 382 g/mol. The Morgan fingerprint density at radius 1 is 1.41 bits per heavy atom. The number of nitrogens with one attached hydrogen (secondary N) is 2. The van der Waals surface area contributed by atoms with E-state index in [2.05, 4.69) is 22.1 Å². The van der Waals surface area contributed by atoms with Gasteiger partial charge in [-0.3, -0.25) is 9.36 Å². The minimum Gasteiger partial charge on any atom is -0.309 e. The number of aromatic nitrogens is 5. The monoisotopic (exact) mass is 405 g/mol. The van der Waals surface area contributed by atoms with E-state index in [-0.39, 0.29) is 16.5 Å². The van der Waals surface area contributed by atoms with Crippen molar-refractivity contribution in [1.82, 2.24) is 24.7 Å². The Bertz CT molecular complexity index is 1090. The predicted molar refractivity (Wildman–Crippen MR) is 109 cm³/mol. The van der Waals surface area contributed by atoms with E-state index in [1.54, 1.807) is 15.9 Å². The van der Waals surface area contributed by atoms with E-state index < -0.39 is 0 Å². The number of aromatic amines is 2. The summed E-state index contributed by atoms with van der Waals surface area (Å²) in [5, 5.41) is 7.89. The van der Waals surface area contributed by atoms with Crippen molar-refractivity contribution in [2.24, 2.45) is 5.92 Å². The van der Waals surface area contributed by atoms with Gasteiger partial charge in [-0.2, -0.15) is 0 Å². The molecule has 0 aliphatic heterocycles. The third-order valence-electron chi connectivity index (χ3n) is 5.02. The first-order valence-electron chi connectivity index (χ1n) is 9.34. The summed E-state index contributed by atoms with van der Waals surface area (Å²) in [5.41, 5.74) is 0.934. The van der Waals surface area contributed by atoms with Crippen LogP contribution in [0, 0.1) is 5.92 Å². The Morgan fingerprint density at radius 2 is 2.22 bits per heavy atom. The number of nitrogens with zero attached hydrogens (tertiary/aromatic N) is 3. The molecule has 0 aromatic carbocycles. The quantitative estimate of drug-likeness (QED) is 0.635. The summed E-state index contributed by atoms with van der Waals surface area (Å²) in [5.74, 6) is 1.29. The fourth-order valence-electron chi connectivity index (χ4n) is 3.59. The molecule has 2 atom stereocenters. The van der Waals surface area contributed by atoms with Crippen LogP contribution >= 0.6 is 23.1 Å². The largest absolute Gasteiger partial charge is 0.343 e. The second kappa shape index (κ2) is 7.27. The summed E-state index contributed by atoms with van der Waals surface area (Å²) in [4.78, 5) is 34.5. The zero-order chi connectivity index (χ0) is 19.1. The average molecular weight is 406 g/mol. The highest BCUT2D eigenvalue weighted by atomic mass is 32.2. The van der Waals surface area contributed by atoms with Gasteiger partial charge >= 0.3 is 5.69 Å². The van der Waals surface area contributed by atoms with Crippen LogP contribution in [0.4, 0.5) is 0 Å². The van der Waals surface area contributed by atoms with Crippen LogP contribution in [0.25, 0.3) is 10.2 Å². The third kappa shape index (κ3) is 3.38. The van der Waals surface area contributed by atoms with E-state index >= 15 is 0 Å². The molecule has 0 saturated carbocycles. The second-order valence-electron chi connectivity index (χ2n) is 7.21. The number of rotatable bonds is 5. The van der Waals surface area contributed by atoms with Gasteiger partial charge in [0.15, 0.2) is 5.16 Å². The Balaban J connectivity index is 1.68. The van der Waals surface area contributed by atoms with Crippen LogP contribution < -0.4 is 11.2 Å². The number of hydrogen-bond acceptors (Lipinski definition) is 6. The molecule has 0 fully saturated rings. The average Bonchev–Trinajstić information content (AvgIpc) is 3.16. The molecule has 2 N–H and O–H groups in total. The first-order chi connectivity index (χ1) is 13.0. The highest BCUT2D eigenvalue weighted by molar-refractivity contribution is 7.99. The smallest absolute Gasteiger partial charge is 0.309 e. The molecule has 9 heteroatoms. The van der Waals surface area contributed by atoms with Gasteiger partial charge in [-0.15, -0.1) is 16.4 Å². The van der Waals surface area contributed by atoms with E-state index in [4.69, 9.17) is 4.98 Å². The molecule has 0 spiro atoms.